The van der Waals surface area contributed by atoms with Crippen molar-refractivity contribution in [1.82, 2.24) is 0 Å². The second kappa shape index (κ2) is 5.36. The van der Waals surface area contributed by atoms with Crippen molar-refractivity contribution in [2.75, 3.05) is 0 Å². The van der Waals surface area contributed by atoms with Gasteiger partial charge in [0.2, 0.25) is 0 Å². The normalized spacial score (nSPS) is 12.2. The summed E-state index contributed by atoms with van der Waals surface area (Å²) in [6.45, 7) is 11.2. The number of hydrogen-bond acceptors (Lipinski definition) is 1. The Hall–Kier alpha value is -0.686. The molecule has 1 nitrogen and oxygen atoms in total. The number of benzene rings is 2. The van der Waals surface area contributed by atoms with Crippen LogP contribution in [0.1, 0.15) is 26.3 Å². The fraction of sp³-hybridized carbons (Fsp3) is 0.375. The summed E-state index contributed by atoms with van der Waals surface area (Å²) >= 11 is 2.13. The van der Waals surface area contributed by atoms with E-state index in [9.17, 15) is 0 Å². The van der Waals surface area contributed by atoms with Gasteiger partial charge in [0.15, 0.2) is 0 Å². The van der Waals surface area contributed by atoms with Gasteiger partial charge in [0.05, 0.1) is 0 Å². The second-order valence-corrected chi connectivity index (χ2v) is 8.90. The molecule has 0 bridgehead atoms. The first-order valence-electron chi connectivity index (χ1n) is 6.99. The van der Waals surface area contributed by atoms with Gasteiger partial charge in [-0.1, -0.05) is 0 Å². The van der Waals surface area contributed by atoms with E-state index in [-0.39, 0.29) is 5.41 Å². The molecule has 0 unspecified atom stereocenters. The van der Waals surface area contributed by atoms with Gasteiger partial charge in [-0.15, -0.1) is 0 Å². The third-order valence-electron chi connectivity index (χ3n) is 3.39. The van der Waals surface area contributed by atoms with Gasteiger partial charge in [0.25, 0.3) is 0 Å². The van der Waals surface area contributed by atoms with E-state index in [1.807, 2.05) is 0 Å². The third kappa shape index (κ3) is 3.26. The van der Waals surface area contributed by atoms with Gasteiger partial charge in [-0.2, -0.15) is 0 Å². The van der Waals surface area contributed by atoms with Gasteiger partial charge < -0.3 is 0 Å². The minimum absolute atomic E-state index is 0.187. The number of hydrogen-bond donors (Lipinski definition) is 0. The van der Waals surface area contributed by atoms with E-state index in [0.717, 1.165) is 5.75 Å². The molecule has 0 heterocycles. The molecule has 2 rings (SSSR count). The topological polar surface area (TPSA) is 9.23 Å². The van der Waals surface area contributed by atoms with E-state index < -0.39 is 9.04 Å². The fourth-order valence-corrected chi connectivity index (χ4v) is 3.05. The Balaban J connectivity index is 2.61. The van der Waals surface area contributed by atoms with Crippen LogP contribution in [0, 0.1) is 0 Å². The molecule has 0 aliphatic carbocycles. The van der Waals surface area contributed by atoms with Gasteiger partial charge in [-0.3, -0.25) is 0 Å². The number of rotatable bonds is 2. The molecule has 2 aromatic carbocycles. The molecule has 0 amide bonds. The molecule has 0 saturated heterocycles. The molecule has 0 N–H and O–H groups in total. The van der Waals surface area contributed by atoms with Crippen LogP contribution in [0.5, 0.6) is 5.75 Å². The quantitative estimate of drug-likeness (QED) is 0.756. The molecule has 0 aliphatic rings. The predicted octanol–water partition coefficient (Wildman–Crippen LogP) is 3.29. The first-order chi connectivity index (χ1) is 8.79. The van der Waals surface area contributed by atoms with Crippen molar-refractivity contribution in [3.63, 3.8) is 0 Å². The molecule has 3 heteroatoms. The van der Waals surface area contributed by atoms with Gasteiger partial charge in [-0.05, 0) is 0 Å². The summed E-state index contributed by atoms with van der Waals surface area (Å²) in [6.07, 6.45) is 0. The Kier molecular flexibility index (Phi) is 4.15. The summed E-state index contributed by atoms with van der Waals surface area (Å²) in [4.78, 5) is 0. The molecule has 0 fully saturated rings. The van der Waals surface area contributed by atoms with Gasteiger partial charge >= 0.3 is 127 Å². The van der Waals surface area contributed by atoms with E-state index in [1.54, 1.807) is 0 Å². The van der Waals surface area contributed by atoms with E-state index in [2.05, 4.69) is 81.9 Å². The van der Waals surface area contributed by atoms with E-state index >= 15 is 0 Å². The molecule has 0 radical (unpaired) electrons. The zero-order valence-corrected chi connectivity index (χ0v) is 14.0. The van der Waals surface area contributed by atoms with Crippen LogP contribution in [0.2, 0.25) is 13.1 Å². The Morgan fingerprint density at radius 3 is 2.32 bits per heavy atom. The molecule has 0 saturated carbocycles. The monoisotopic (exact) mass is 264 g/mol. The Labute approximate surface area is 127 Å². The van der Waals surface area contributed by atoms with Crippen molar-refractivity contribution in [2.24, 2.45) is 0 Å². The van der Waals surface area contributed by atoms with Crippen LogP contribution in [0.15, 0.2) is 30.3 Å². The summed E-state index contributed by atoms with van der Waals surface area (Å²) in [5, 5.41) is 2.52. The SMILES string of the molecule is [Li][c]1ccc2cc(C(C)(C)C)ccc2c1O[SiH](C)C. The average molecular weight is 264 g/mol. The van der Waals surface area contributed by atoms with Crippen molar-refractivity contribution in [3.05, 3.63) is 35.9 Å². The van der Waals surface area contributed by atoms with Crippen molar-refractivity contribution >= 4 is 41.8 Å². The van der Waals surface area contributed by atoms with E-state index in [0.29, 0.717) is 0 Å². The summed E-state index contributed by atoms with van der Waals surface area (Å²) in [5.74, 6) is 1.08. The molecule has 0 atom stereocenters. The fourth-order valence-electron chi connectivity index (χ4n) is 2.27. The average Bonchev–Trinajstić information content (AvgIpc) is 2.30. The molecule has 96 valence electrons. The first kappa shape index (κ1) is 14.7. The summed E-state index contributed by atoms with van der Waals surface area (Å²) in [7, 11) is -1.08. The van der Waals surface area contributed by atoms with Crippen molar-refractivity contribution in [3.8, 4) is 5.75 Å². The van der Waals surface area contributed by atoms with Gasteiger partial charge in [0, 0.05) is 0 Å². The molecule has 0 aromatic heterocycles. The van der Waals surface area contributed by atoms with E-state index in [4.69, 9.17) is 4.43 Å². The van der Waals surface area contributed by atoms with Crippen molar-refractivity contribution in [1.29, 1.82) is 0 Å². The van der Waals surface area contributed by atoms with Crippen LogP contribution in [0.4, 0.5) is 0 Å². The summed E-state index contributed by atoms with van der Waals surface area (Å²) in [5.41, 5.74) is 1.56. The number of fused-ring (bicyclic) bond motifs is 1. The van der Waals surface area contributed by atoms with Crippen LogP contribution < -0.4 is 8.66 Å². The minimum atomic E-state index is -1.08. The zero-order chi connectivity index (χ0) is 14.2. The van der Waals surface area contributed by atoms with Crippen LogP contribution in [0.3, 0.4) is 0 Å². The van der Waals surface area contributed by atoms with Crippen LogP contribution in [-0.2, 0) is 5.41 Å². The van der Waals surface area contributed by atoms with Crippen molar-refractivity contribution < 1.29 is 4.43 Å². The van der Waals surface area contributed by atoms with Gasteiger partial charge in [0.1, 0.15) is 0 Å². The summed E-state index contributed by atoms with van der Waals surface area (Å²) in [6, 6.07) is 11.1. The standard InChI is InChI=1S/C16H21OSi.Li/c1-16(2,3)13-9-10-14-12(11-13)7-6-8-15(14)17-18(4)5;/h6-7,9-11,18H,1-5H3;. The van der Waals surface area contributed by atoms with Crippen molar-refractivity contribution in [2.45, 2.75) is 39.3 Å². The Morgan fingerprint density at radius 2 is 1.74 bits per heavy atom. The predicted molar refractivity (Wildman–Crippen MR) is 87.5 cm³/mol. The van der Waals surface area contributed by atoms with Crippen LogP contribution in [0.25, 0.3) is 10.8 Å². The maximum absolute atomic E-state index is 6.12. The second-order valence-electron chi connectivity index (χ2n) is 6.56. The zero-order valence-electron chi connectivity index (χ0n) is 12.9. The molecular formula is C16H21LiOSi. The summed E-state index contributed by atoms with van der Waals surface area (Å²) < 4.78 is 7.36. The molecular weight excluding hydrogens is 243 g/mol. The first-order valence-corrected chi connectivity index (χ1v) is 9.77. The van der Waals surface area contributed by atoms with Crippen LogP contribution >= 0.6 is 0 Å². The third-order valence-corrected chi connectivity index (χ3v) is 4.09. The van der Waals surface area contributed by atoms with E-state index in [1.165, 1.54) is 20.6 Å². The molecule has 2 aromatic rings. The maximum atomic E-state index is 6.12. The molecule has 0 aliphatic heterocycles. The molecule has 0 spiro atoms. The van der Waals surface area contributed by atoms with Crippen LogP contribution in [-0.4, -0.2) is 26.8 Å². The van der Waals surface area contributed by atoms with Gasteiger partial charge in [-0.25, -0.2) is 0 Å². The Bertz CT molecular complexity index is 599. The molecule has 19 heavy (non-hydrogen) atoms. The Morgan fingerprint density at radius 1 is 1.05 bits per heavy atom.